The van der Waals surface area contributed by atoms with E-state index in [4.69, 9.17) is 0 Å². The number of pyridine rings is 2. The number of fused-ring (bicyclic) bond motifs is 1. The van der Waals surface area contributed by atoms with E-state index in [0.717, 1.165) is 29.4 Å². The number of carbonyl (C=O) groups excluding carboxylic acids is 1. The van der Waals surface area contributed by atoms with Crippen LogP contribution < -0.4 is 10.9 Å². The summed E-state index contributed by atoms with van der Waals surface area (Å²) in [7, 11) is 1.76. The van der Waals surface area contributed by atoms with E-state index in [-0.39, 0.29) is 42.2 Å². The molecule has 0 aliphatic heterocycles. The molecule has 2 aromatic rings. The van der Waals surface area contributed by atoms with Crippen molar-refractivity contribution in [3.8, 4) is 0 Å². The van der Waals surface area contributed by atoms with E-state index >= 15 is 0 Å². The molecule has 4 rings (SSSR count). The van der Waals surface area contributed by atoms with Crippen LogP contribution in [0.5, 0.6) is 0 Å². The SMILES string of the molecule is C/C=C/c1cc2c(cn1)cc(C1CC(NC(=O)C3CCCC(C(F)(F)F)C3)CCC1C)c(=O)n2C. The summed E-state index contributed by atoms with van der Waals surface area (Å²) in [5, 5.41) is 3.92. The Kier molecular flexibility index (Phi) is 7.38. The molecule has 35 heavy (non-hydrogen) atoms. The number of aromatic nitrogens is 2. The molecule has 2 heterocycles. The van der Waals surface area contributed by atoms with Gasteiger partial charge in [-0.15, -0.1) is 0 Å². The molecule has 2 saturated carbocycles. The van der Waals surface area contributed by atoms with Gasteiger partial charge in [-0.05, 0) is 75.5 Å². The number of halogens is 3. The second kappa shape index (κ2) is 10.2. The normalized spacial score (nSPS) is 27.9. The van der Waals surface area contributed by atoms with Crippen molar-refractivity contribution in [3.05, 3.63) is 46.0 Å². The fourth-order valence-corrected chi connectivity index (χ4v) is 5.86. The van der Waals surface area contributed by atoms with Gasteiger partial charge in [0.2, 0.25) is 5.91 Å². The van der Waals surface area contributed by atoms with Crippen molar-refractivity contribution in [2.45, 2.75) is 76.9 Å². The van der Waals surface area contributed by atoms with Crippen LogP contribution in [-0.2, 0) is 11.8 Å². The molecule has 190 valence electrons. The predicted octanol–water partition coefficient (Wildman–Crippen LogP) is 5.72. The number of carbonyl (C=O) groups is 1. The van der Waals surface area contributed by atoms with Crippen LogP contribution in [0.25, 0.3) is 17.0 Å². The molecule has 1 N–H and O–H groups in total. The predicted molar refractivity (Wildman–Crippen MR) is 131 cm³/mol. The van der Waals surface area contributed by atoms with E-state index < -0.39 is 18.0 Å². The molecular formula is C27H34F3N3O2. The van der Waals surface area contributed by atoms with Crippen LogP contribution in [0, 0.1) is 17.8 Å². The van der Waals surface area contributed by atoms with Gasteiger partial charge in [0.05, 0.1) is 17.1 Å². The minimum Gasteiger partial charge on any atom is -0.353 e. The van der Waals surface area contributed by atoms with Crippen molar-refractivity contribution in [3.63, 3.8) is 0 Å². The van der Waals surface area contributed by atoms with Crippen molar-refractivity contribution in [1.82, 2.24) is 14.9 Å². The Hall–Kier alpha value is -2.64. The van der Waals surface area contributed by atoms with Gasteiger partial charge in [0, 0.05) is 36.2 Å². The summed E-state index contributed by atoms with van der Waals surface area (Å²) in [4.78, 5) is 30.7. The van der Waals surface area contributed by atoms with Crippen LogP contribution in [0.15, 0.2) is 29.2 Å². The first-order valence-electron chi connectivity index (χ1n) is 12.6. The summed E-state index contributed by atoms with van der Waals surface area (Å²) in [6.07, 6.45) is 4.42. The molecule has 5 nitrogen and oxygen atoms in total. The van der Waals surface area contributed by atoms with Gasteiger partial charge >= 0.3 is 6.18 Å². The average molecular weight is 490 g/mol. The fraction of sp³-hybridized carbons (Fsp3) is 0.593. The first-order valence-corrected chi connectivity index (χ1v) is 12.6. The maximum atomic E-state index is 13.3. The Morgan fingerprint density at radius 2 is 1.94 bits per heavy atom. The van der Waals surface area contributed by atoms with Crippen molar-refractivity contribution in [2.75, 3.05) is 0 Å². The third kappa shape index (κ3) is 5.46. The number of nitrogens with one attached hydrogen (secondary N) is 1. The van der Waals surface area contributed by atoms with Crippen molar-refractivity contribution in [2.24, 2.45) is 24.8 Å². The molecule has 0 radical (unpaired) electrons. The third-order valence-corrected chi connectivity index (χ3v) is 7.94. The highest BCUT2D eigenvalue weighted by molar-refractivity contribution is 5.81. The lowest BCUT2D eigenvalue weighted by atomic mass is 9.74. The van der Waals surface area contributed by atoms with Crippen molar-refractivity contribution >= 4 is 22.9 Å². The molecule has 5 unspecified atom stereocenters. The summed E-state index contributed by atoms with van der Waals surface area (Å²) >= 11 is 0. The average Bonchev–Trinajstić information content (AvgIpc) is 2.83. The minimum absolute atomic E-state index is 0.0401. The van der Waals surface area contributed by atoms with E-state index in [9.17, 15) is 22.8 Å². The summed E-state index contributed by atoms with van der Waals surface area (Å²) in [6.45, 7) is 4.03. The van der Waals surface area contributed by atoms with Crippen LogP contribution in [0.2, 0.25) is 0 Å². The smallest absolute Gasteiger partial charge is 0.353 e. The van der Waals surface area contributed by atoms with Gasteiger partial charge in [-0.3, -0.25) is 14.6 Å². The van der Waals surface area contributed by atoms with Crippen LogP contribution in [0.1, 0.15) is 76.0 Å². The Morgan fingerprint density at radius 1 is 1.17 bits per heavy atom. The highest BCUT2D eigenvalue weighted by Crippen LogP contribution is 2.41. The number of rotatable bonds is 4. The van der Waals surface area contributed by atoms with Crippen LogP contribution in [0.4, 0.5) is 13.2 Å². The first-order chi connectivity index (χ1) is 16.6. The number of hydrogen-bond donors (Lipinski definition) is 1. The lowest BCUT2D eigenvalue weighted by Gasteiger charge is -2.36. The monoisotopic (exact) mass is 489 g/mol. The molecule has 8 heteroatoms. The van der Waals surface area contributed by atoms with Crippen LogP contribution in [0.3, 0.4) is 0 Å². The maximum absolute atomic E-state index is 13.3. The standard InChI is InChI=1S/C27H34F3N3O2/c1-4-6-20-14-24-18(15-31-20)12-23(26(35)33(24)3)22-13-21(10-9-16(22)2)32-25(34)17-7-5-8-19(11-17)27(28,29)30/h4,6,12,14-17,19,21-22H,5,7-11,13H2,1-3H3,(H,32,34)/b6-4+. The Balaban J connectivity index is 1.52. The quantitative estimate of drug-likeness (QED) is 0.597. The number of amides is 1. The summed E-state index contributed by atoms with van der Waals surface area (Å²) in [5.41, 5.74) is 2.25. The molecule has 2 aromatic heterocycles. The van der Waals surface area contributed by atoms with E-state index in [1.807, 2.05) is 31.2 Å². The Morgan fingerprint density at radius 3 is 2.66 bits per heavy atom. The molecular weight excluding hydrogens is 455 g/mol. The molecule has 0 spiro atoms. The number of allylic oxidation sites excluding steroid dienone is 1. The van der Waals surface area contributed by atoms with Crippen molar-refractivity contribution < 1.29 is 18.0 Å². The van der Waals surface area contributed by atoms with Gasteiger partial charge in [0.15, 0.2) is 0 Å². The zero-order valence-corrected chi connectivity index (χ0v) is 20.6. The van der Waals surface area contributed by atoms with Gasteiger partial charge < -0.3 is 9.88 Å². The van der Waals surface area contributed by atoms with Gasteiger partial charge in [0.25, 0.3) is 5.56 Å². The number of nitrogens with zero attached hydrogens (tertiary/aromatic N) is 2. The first kappa shape index (κ1) is 25.5. The highest BCUT2D eigenvalue weighted by atomic mass is 19.4. The molecule has 2 aliphatic rings. The number of alkyl halides is 3. The third-order valence-electron chi connectivity index (χ3n) is 7.94. The number of hydrogen-bond acceptors (Lipinski definition) is 3. The Bertz CT molecular complexity index is 1170. The van der Waals surface area contributed by atoms with E-state index in [1.54, 1.807) is 17.8 Å². The van der Waals surface area contributed by atoms with Gasteiger partial charge in [0.1, 0.15) is 0 Å². The molecule has 2 fully saturated rings. The molecule has 5 atom stereocenters. The molecule has 1 amide bonds. The number of aryl methyl sites for hydroxylation is 1. The summed E-state index contributed by atoms with van der Waals surface area (Å²) in [5.74, 6) is -2.05. The van der Waals surface area contributed by atoms with Gasteiger partial charge in [-0.25, -0.2) is 0 Å². The lowest BCUT2D eigenvalue weighted by Crippen LogP contribution is -2.45. The van der Waals surface area contributed by atoms with E-state index in [2.05, 4.69) is 17.2 Å². The lowest BCUT2D eigenvalue weighted by molar-refractivity contribution is -0.186. The largest absolute Gasteiger partial charge is 0.391 e. The summed E-state index contributed by atoms with van der Waals surface area (Å²) < 4.78 is 41.2. The minimum atomic E-state index is -4.25. The maximum Gasteiger partial charge on any atom is 0.391 e. The second-order valence-corrected chi connectivity index (χ2v) is 10.3. The topological polar surface area (TPSA) is 64.0 Å². The second-order valence-electron chi connectivity index (χ2n) is 10.3. The highest BCUT2D eigenvalue weighted by Gasteiger charge is 2.44. The fourth-order valence-electron chi connectivity index (χ4n) is 5.86. The summed E-state index contributed by atoms with van der Waals surface area (Å²) in [6, 6.07) is 3.67. The van der Waals surface area contributed by atoms with E-state index in [0.29, 0.717) is 24.8 Å². The van der Waals surface area contributed by atoms with E-state index in [1.165, 1.54) is 0 Å². The molecule has 0 bridgehead atoms. The Labute approximate surface area is 203 Å². The van der Waals surface area contributed by atoms with Gasteiger partial charge in [-0.1, -0.05) is 19.4 Å². The molecule has 2 aliphatic carbocycles. The molecule has 0 aromatic carbocycles. The zero-order valence-electron chi connectivity index (χ0n) is 20.6. The zero-order chi connectivity index (χ0) is 25.3. The van der Waals surface area contributed by atoms with Gasteiger partial charge in [-0.2, -0.15) is 13.2 Å². The van der Waals surface area contributed by atoms with Crippen LogP contribution in [-0.4, -0.2) is 27.7 Å². The molecule has 0 saturated heterocycles. The van der Waals surface area contributed by atoms with Crippen LogP contribution >= 0.6 is 0 Å². The van der Waals surface area contributed by atoms with Crippen molar-refractivity contribution in [1.29, 1.82) is 0 Å².